The van der Waals surface area contributed by atoms with E-state index in [9.17, 15) is 9.59 Å². The molecule has 1 heterocycles. The van der Waals surface area contributed by atoms with E-state index in [4.69, 9.17) is 10.4 Å². The number of hydrogen-bond donors (Lipinski definition) is 2. The van der Waals surface area contributed by atoms with E-state index in [1.54, 1.807) is 6.07 Å². The van der Waals surface area contributed by atoms with Crippen molar-refractivity contribution in [2.75, 3.05) is 0 Å². The number of hydrogen-bond acceptors (Lipinski definition) is 3. The lowest BCUT2D eigenvalue weighted by Gasteiger charge is -1.99. The predicted molar refractivity (Wildman–Crippen MR) is 41.9 cm³/mol. The summed E-state index contributed by atoms with van der Waals surface area (Å²) < 4.78 is 0. The highest BCUT2D eigenvalue weighted by Crippen LogP contribution is 2.06. The molecule has 1 rings (SSSR count). The Bertz CT molecular complexity index is 361. The van der Waals surface area contributed by atoms with Gasteiger partial charge in [-0.3, -0.25) is 9.59 Å². The van der Waals surface area contributed by atoms with Crippen molar-refractivity contribution >= 4 is 11.8 Å². The number of carbonyl (C=O) groups excluding carboxylic acids is 1. The Kier molecular flexibility index (Phi) is 2.45. The lowest BCUT2D eigenvalue weighted by molar-refractivity contribution is -0.138. The molecular weight excluding hydrogens is 172 g/mol. The maximum absolute atomic E-state index is 11.2. The van der Waals surface area contributed by atoms with E-state index in [0.29, 0.717) is 0 Å². The van der Waals surface area contributed by atoms with Gasteiger partial charge < -0.3 is 10.1 Å². The fraction of sp³-hybridized carbons (Fsp3) is 0.125. The van der Waals surface area contributed by atoms with E-state index in [0.717, 1.165) is 0 Å². The standard InChI is InChI=1S/C8H6N2O3/c9-4-5(8(12)13)7(11)6-2-1-3-10-6/h1-3,5,10H,(H,12,13). The third-order valence-corrected chi connectivity index (χ3v) is 1.50. The molecule has 0 aliphatic carbocycles. The first-order valence-corrected chi connectivity index (χ1v) is 3.47. The van der Waals surface area contributed by atoms with Crippen LogP contribution in [0, 0.1) is 17.2 Å². The van der Waals surface area contributed by atoms with Crippen molar-refractivity contribution < 1.29 is 14.7 Å². The zero-order valence-corrected chi connectivity index (χ0v) is 6.52. The number of aliphatic carboxylic acids is 1. The van der Waals surface area contributed by atoms with E-state index in [2.05, 4.69) is 4.98 Å². The lowest BCUT2D eigenvalue weighted by atomic mass is 10.0. The van der Waals surface area contributed by atoms with Gasteiger partial charge in [0.1, 0.15) is 0 Å². The third kappa shape index (κ3) is 1.73. The van der Waals surface area contributed by atoms with Crippen molar-refractivity contribution in [3.05, 3.63) is 24.0 Å². The monoisotopic (exact) mass is 178 g/mol. The van der Waals surface area contributed by atoms with Gasteiger partial charge in [0.05, 0.1) is 11.8 Å². The molecule has 2 N–H and O–H groups in total. The van der Waals surface area contributed by atoms with Gasteiger partial charge in [-0.05, 0) is 12.1 Å². The van der Waals surface area contributed by atoms with Gasteiger partial charge in [0.15, 0.2) is 0 Å². The molecule has 0 radical (unpaired) electrons. The van der Waals surface area contributed by atoms with Crippen LogP contribution >= 0.6 is 0 Å². The van der Waals surface area contributed by atoms with Crippen LogP contribution in [-0.4, -0.2) is 21.8 Å². The second-order valence-corrected chi connectivity index (χ2v) is 2.35. The number of carboxylic acids is 1. The van der Waals surface area contributed by atoms with Gasteiger partial charge in [0.2, 0.25) is 11.7 Å². The van der Waals surface area contributed by atoms with Crippen LogP contribution in [0.3, 0.4) is 0 Å². The summed E-state index contributed by atoms with van der Waals surface area (Å²) in [4.78, 5) is 24.2. The van der Waals surface area contributed by atoms with E-state index < -0.39 is 17.7 Å². The van der Waals surface area contributed by atoms with Crippen molar-refractivity contribution in [2.24, 2.45) is 5.92 Å². The zero-order valence-electron chi connectivity index (χ0n) is 6.52. The number of nitrogens with one attached hydrogen (secondary N) is 1. The summed E-state index contributed by atoms with van der Waals surface area (Å²) in [6.07, 6.45) is 1.49. The quantitative estimate of drug-likeness (QED) is 0.518. The molecule has 0 bridgehead atoms. The maximum Gasteiger partial charge on any atom is 0.329 e. The molecule has 0 spiro atoms. The summed E-state index contributed by atoms with van der Waals surface area (Å²) in [5.74, 6) is -3.78. The molecule has 0 aromatic carbocycles. The van der Waals surface area contributed by atoms with Gasteiger partial charge in [0.25, 0.3) is 0 Å². The minimum atomic E-state index is -1.63. The third-order valence-electron chi connectivity index (χ3n) is 1.50. The topological polar surface area (TPSA) is 93.9 Å². The SMILES string of the molecule is N#CC(C(=O)O)C(=O)c1ccc[nH]1. The first-order valence-electron chi connectivity index (χ1n) is 3.47. The minimum Gasteiger partial charge on any atom is -0.480 e. The fourth-order valence-corrected chi connectivity index (χ4v) is 0.865. The second-order valence-electron chi connectivity index (χ2n) is 2.35. The molecule has 1 aromatic rings. The van der Waals surface area contributed by atoms with E-state index in [-0.39, 0.29) is 5.69 Å². The first kappa shape index (κ1) is 9.00. The number of carboxylic acid groups (broad SMARTS) is 1. The van der Waals surface area contributed by atoms with Crippen LogP contribution in [0.2, 0.25) is 0 Å². The van der Waals surface area contributed by atoms with Gasteiger partial charge in [-0.25, -0.2) is 0 Å². The Morgan fingerprint density at radius 1 is 1.62 bits per heavy atom. The summed E-state index contributed by atoms with van der Waals surface area (Å²) in [5, 5.41) is 16.9. The Labute approximate surface area is 73.6 Å². The molecule has 1 aromatic heterocycles. The van der Waals surface area contributed by atoms with Crippen LogP contribution in [0.1, 0.15) is 10.5 Å². The lowest BCUT2D eigenvalue weighted by Crippen LogP contribution is -2.22. The average Bonchev–Trinajstić information content (AvgIpc) is 2.56. The Morgan fingerprint density at radius 3 is 2.69 bits per heavy atom. The highest BCUT2D eigenvalue weighted by molar-refractivity contribution is 6.09. The Morgan fingerprint density at radius 2 is 2.31 bits per heavy atom. The van der Waals surface area contributed by atoms with Gasteiger partial charge >= 0.3 is 5.97 Å². The summed E-state index contributed by atoms with van der Waals surface area (Å²) in [6, 6.07) is 4.41. The van der Waals surface area contributed by atoms with Gasteiger partial charge in [-0.15, -0.1) is 0 Å². The van der Waals surface area contributed by atoms with Crippen molar-refractivity contribution in [1.29, 1.82) is 5.26 Å². The Balaban J connectivity index is 2.91. The normalized spacial score (nSPS) is 11.6. The van der Waals surface area contributed by atoms with E-state index in [1.165, 1.54) is 18.3 Å². The van der Waals surface area contributed by atoms with Gasteiger partial charge in [0, 0.05) is 6.20 Å². The molecule has 0 fully saturated rings. The maximum atomic E-state index is 11.2. The van der Waals surface area contributed by atoms with Gasteiger partial charge in [-0.2, -0.15) is 5.26 Å². The molecule has 5 nitrogen and oxygen atoms in total. The number of nitrogens with zero attached hydrogens (tertiary/aromatic N) is 1. The molecule has 66 valence electrons. The number of H-pyrrole nitrogens is 1. The number of rotatable bonds is 3. The van der Waals surface area contributed by atoms with Gasteiger partial charge in [-0.1, -0.05) is 0 Å². The summed E-state index contributed by atoms with van der Waals surface area (Å²) >= 11 is 0. The molecule has 0 aliphatic rings. The minimum absolute atomic E-state index is 0.133. The second kappa shape index (κ2) is 3.54. The molecule has 0 saturated heterocycles. The van der Waals surface area contributed by atoms with E-state index >= 15 is 0 Å². The molecular formula is C8H6N2O3. The van der Waals surface area contributed by atoms with Crippen LogP contribution in [0.4, 0.5) is 0 Å². The van der Waals surface area contributed by atoms with Crippen molar-refractivity contribution in [1.82, 2.24) is 4.98 Å². The highest BCUT2D eigenvalue weighted by atomic mass is 16.4. The van der Waals surface area contributed by atoms with Crippen molar-refractivity contribution in [2.45, 2.75) is 0 Å². The average molecular weight is 178 g/mol. The molecule has 5 heteroatoms. The van der Waals surface area contributed by atoms with Crippen molar-refractivity contribution in [3.63, 3.8) is 0 Å². The number of carbonyl (C=O) groups is 2. The number of Topliss-reactive ketones (excluding diaryl/α,β-unsaturated/α-hetero) is 1. The van der Waals surface area contributed by atoms with Crippen molar-refractivity contribution in [3.8, 4) is 6.07 Å². The molecule has 1 unspecified atom stereocenters. The largest absolute Gasteiger partial charge is 0.480 e. The number of ketones is 1. The van der Waals surface area contributed by atoms with Crippen LogP contribution in [-0.2, 0) is 4.79 Å². The zero-order chi connectivity index (χ0) is 9.84. The number of aromatic amines is 1. The molecule has 0 amide bonds. The van der Waals surface area contributed by atoms with Crippen LogP contribution in [0.15, 0.2) is 18.3 Å². The van der Waals surface area contributed by atoms with Crippen LogP contribution in [0.25, 0.3) is 0 Å². The first-order chi connectivity index (χ1) is 6.16. The van der Waals surface area contributed by atoms with Crippen LogP contribution in [0.5, 0.6) is 0 Å². The molecule has 0 saturated carbocycles. The Hall–Kier alpha value is -2.09. The molecule has 0 aliphatic heterocycles. The predicted octanol–water partition coefficient (Wildman–Crippen LogP) is 0.422. The summed E-state index contributed by atoms with van der Waals surface area (Å²) in [5.41, 5.74) is 0.133. The summed E-state index contributed by atoms with van der Waals surface area (Å²) in [6.45, 7) is 0. The highest BCUT2D eigenvalue weighted by Gasteiger charge is 2.27. The summed E-state index contributed by atoms with van der Waals surface area (Å²) in [7, 11) is 0. The number of nitriles is 1. The smallest absolute Gasteiger partial charge is 0.329 e. The molecule has 1 atom stereocenters. The van der Waals surface area contributed by atoms with E-state index in [1.807, 2.05) is 0 Å². The fourth-order valence-electron chi connectivity index (χ4n) is 0.865. The molecule has 13 heavy (non-hydrogen) atoms. The van der Waals surface area contributed by atoms with Crippen LogP contribution < -0.4 is 0 Å². The number of aromatic nitrogens is 1.